The lowest BCUT2D eigenvalue weighted by molar-refractivity contribution is 0.415. The van der Waals surface area contributed by atoms with Gasteiger partial charge in [0.2, 0.25) is 5.13 Å². The molecule has 0 saturated carbocycles. The molecule has 0 aliphatic heterocycles. The molecule has 3 heterocycles. The zero-order valence-electron chi connectivity index (χ0n) is 18.2. The Hall–Kier alpha value is -3.78. The standard InChI is InChI=1S/C24H22N6OS/c1-14-5-7-17(8-6-14)20-13-22(26-16(3)25-20)28-23-11-15(2)29-30(23)24-27-19-10-9-18(31-4)12-21(19)32-24/h5-13H,1-4H3,(H,25,26,28). The van der Waals surface area contributed by atoms with Crippen molar-refractivity contribution in [3.63, 3.8) is 0 Å². The quantitative estimate of drug-likeness (QED) is 0.381. The number of thiazole rings is 1. The van der Waals surface area contributed by atoms with E-state index in [1.165, 1.54) is 5.56 Å². The van der Waals surface area contributed by atoms with Crippen LogP contribution in [0.25, 0.3) is 26.6 Å². The highest BCUT2D eigenvalue weighted by atomic mass is 32.1. The Morgan fingerprint density at radius 3 is 2.50 bits per heavy atom. The van der Waals surface area contributed by atoms with Gasteiger partial charge >= 0.3 is 0 Å². The Kier molecular flexibility index (Phi) is 5.07. The lowest BCUT2D eigenvalue weighted by atomic mass is 10.1. The third kappa shape index (κ3) is 3.92. The summed E-state index contributed by atoms with van der Waals surface area (Å²) >= 11 is 1.56. The first-order chi connectivity index (χ1) is 15.5. The molecule has 160 valence electrons. The fourth-order valence-electron chi connectivity index (χ4n) is 3.48. The summed E-state index contributed by atoms with van der Waals surface area (Å²) in [6, 6.07) is 18.1. The average molecular weight is 443 g/mol. The smallest absolute Gasteiger partial charge is 0.213 e. The van der Waals surface area contributed by atoms with Gasteiger partial charge in [0.05, 0.1) is 28.7 Å². The lowest BCUT2D eigenvalue weighted by Crippen LogP contribution is -2.04. The maximum Gasteiger partial charge on any atom is 0.213 e. The van der Waals surface area contributed by atoms with Crippen molar-refractivity contribution in [2.24, 2.45) is 0 Å². The molecular formula is C24H22N6OS. The van der Waals surface area contributed by atoms with Crippen molar-refractivity contribution in [3.05, 3.63) is 71.7 Å². The summed E-state index contributed by atoms with van der Waals surface area (Å²) in [5, 5.41) is 8.84. The number of hydrogen-bond acceptors (Lipinski definition) is 7. The summed E-state index contributed by atoms with van der Waals surface area (Å²) in [7, 11) is 1.66. The lowest BCUT2D eigenvalue weighted by Gasteiger charge is -2.10. The van der Waals surface area contributed by atoms with Crippen LogP contribution in [-0.2, 0) is 0 Å². The summed E-state index contributed by atoms with van der Waals surface area (Å²) in [5.74, 6) is 3.00. The van der Waals surface area contributed by atoms with Crippen LogP contribution in [0.1, 0.15) is 17.1 Å². The van der Waals surface area contributed by atoms with E-state index in [4.69, 9.17) is 9.72 Å². The second-order valence-corrected chi connectivity index (χ2v) is 8.60. The minimum atomic E-state index is 0.695. The molecule has 8 heteroatoms. The molecule has 5 rings (SSSR count). The Balaban J connectivity index is 1.52. The highest BCUT2D eigenvalue weighted by Gasteiger charge is 2.14. The first kappa shape index (κ1) is 20.1. The molecule has 0 amide bonds. The number of benzene rings is 2. The number of methoxy groups -OCH3 is 1. The molecule has 0 aliphatic carbocycles. The van der Waals surface area contributed by atoms with E-state index in [1.54, 1.807) is 18.4 Å². The van der Waals surface area contributed by atoms with Crippen molar-refractivity contribution < 1.29 is 4.74 Å². The van der Waals surface area contributed by atoms with Crippen LogP contribution in [0, 0.1) is 20.8 Å². The summed E-state index contributed by atoms with van der Waals surface area (Å²) < 4.78 is 8.19. The van der Waals surface area contributed by atoms with Crippen LogP contribution in [0.4, 0.5) is 11.6 Å². The van der Waals surface area contributed by atoms with Gasteiger partial charge in [-0.3, -0.25) is 0 Å². The van der Waals surface area contributed by atoms with Crippen molar-refractivity contribution >= 4 is 33.2 Å². The largest absolute Gasteiger partial charge is 0.497 e. The second-order valence-electron chi connectivity index (χ2n) is 7.59. The fraction of sp³-hybridized carbons (Fsp3) is 0.167. The number of aromatic nitrogens is 5. The summed E-state index contributed by atoms with van der Waals surface area (Å²) in [5.41, 5.74) is 4.92. The van der Waals surface area contributed by atoms with Gasteiger partial charge in [-0.05, 0) is 39.0 Å². The molecule has 0 bridgehead atoms. The molecule has 1 N–H and O–H groups in total. The van der Waals surface area contributed by atoms with Crippen LogP contribution in [-0.4, -0.2) is 31.8 Å². The minimum Gasteiger partial charge on any atom is -0.497 e. The molecule has 7 nitrogen and oxygen atoms in total. The third-order valence-electron chi connectivity index (χ3n) is 5.04. The highest BCUT2D eigenvalue weighted by Crippen LogP contribution is 2.31. The Labute approximate surface area is 189 Å². The second kappa shape index (κ2) is 8.05. The highest BCUT2D eigenvalue weighted by molar-refractivity contribution is 7.20. The van der Waals surface area contributed by atoms with Gasteiger partial charge in [0.25, 0.3) is 0 Å². The van der Waals surface area contributed by atoms with Crippen molar-refractivity contribution in [1.29, 1.82) is 0 Å². The van der Waals surface area contributed by atoms with Gasteiger partial charge in [-0.1, -0.05) is 41.2 Å². The summed E-state index contributed by atoms with van der Waals surface area (Å²) in [6.45, 7) is 5.93. The van der Waals surface area contributed by atoms with E-state index < -0.39 is 0 Å². The molecular weight excluding hydrogens is 420 g/mol. The number of fused-ring (bicyclic) bond motifs is 1. The van der Waals surface area contributed by atoms with Crippen LogP contribution in [0.15, 0.2) is 54.6 Å². The minimum absolute atomic E-state index is 0.695. The van der Waals surface area contributed by atoms with Crippen LogP contribution < -0.4 is 10.1 Å². The Morgan fingerprint density at radius 2 is 1.72 bits per heavy atom. The maximum atomic E-state index is 5.34. The molecule has 0 radical (unpaired) electrons. The molecule has 0 aliphatic rings. The molecule has 32 heavy (non-hydrogen) atoms. The van der Waals surface area contributed by atoms with Gasteiger partial charge in [0.15, 0.2) is 0 Å². The van der Waals surface area contributed by atoms with Crippen LogP contribution in [0.3, 0.4) is 0 Å². The Morgan fingerprint density at radius 1 is 0.906 bits per heavy atom. The molecule has 0 spiro atoms. The summed E-state index contributed by atoms with van der Waals surface area (Å²) in [6.07, 6.45) is 0. The van der Waals surface area contributed by atoms with Gasteiger partial charge in [0.1, 0.15) is 23.2 Å². The van der Waals surface area contributed by atoms with E-state index in [0.717, 1.165) is 43.9 Å². The number of nitrogens with one attached hydrogen (secondary N) is 1. The fourth-order valence-corrected chi connectivity index (χ4v) is 4.44. The topological polar surface area (TPSA) is 77.8 Å². The normalized spacial score (nSPS) is 11.1. The van der Waals surface area contributed by atoms with Gasteiger partial charge in [-0.2, -0.15) is 9.78 Å². The van der Waals surface area contributed by atoms with Gasteiger partial charge in [0, 0.05) is 17.7 Å². The monoisotopic (exact) mass is 442 g/mol. The van der Waals surface area contributed by atoms with E-state index in [1.807, 2.05) is 48.9 Å². The van der Waals surface area contributed by atoms with E-state index >= 15 is 0 Å². The number of rotatable bonds is 5. The van der Waals surface area contributed by atoms with Gasteiger partial charge in [-0.15, -0.1) is 0 Å². The van der Waals surface area contributed by atoms with E-state index in [2.05, 4.69) is 51.6 Å². The predicted octanol–water partition coefficient (Wildman–Crippen LogP) is 5.62. The van der Waals surface area contributed by atoms with Gasteiger partial charge < -0.3 is 10.1 Å². The van der Waals surface area contributed by atoms with Crippen molar-refractivity contribution in [1.82, 2.24) is 24.7 Å². The third-order valence-corrected chi connectivity index (χ3v) is 6.03. The maximum absolute atomic E-state index is 5.34. The number of aryl methyl sites for hydroxylation is 3. The molecule has 2 aromatic carbocycles. The van der Waals surface area contributed by atoms with Crippen LogP contribution in [0.2, 0.25) is 0 Å². The molecule has 0 saturated heterocycles. The molecule has 0 fully saturated rings. The first-order valence-electron chi connectivity index (χ1n) is 10.2. The molecule has 5 aromatic rings. The molecule has 0 unspecified atom stereocenters. The zero-order chi connectivity index (χ0) is 22.2. The first-order valence-corrected chi connectivity index (χ1v) is 11.0. The van der Waals surface area contributed by atoms with Crippen molar-refractivity contribution in [2.75, 3.05) is 12.4 Å². The van der Waals surface area contributed by atoms with E-state index in [9.17, 15) is 0 Å². The SMILES string of the molecule is COc1ccc2nc(-n3nc(C)cc3Nc3cc(-c4ccc(C)cc4)nc(C)n3)sc2c1. The Bertz CT molecular complexity index is 1420. The summed E-state index contributed by atoms with van der Waals surface area (Å²) in [4.78, 5) is 14.0. The van der Waals surface area contributed by atoms with Crippen molar-refractivity contribution in [2.45, 2.75) is 20.8 Å². The van der Waals surface area contributed by atoms with Gasteiger partial charge in [-0.25, -0.2) is 15.0 Å². The predicted molar refractivity (Wildman–Crippen MR) is 128 cm³/mol. The van der Waals surface area contributed by atoms with E-state index in [0.29, 0.717) is 11.6 Å². The van der Waals surface area contributed by atoms with Crippen LogP contribution in [0.5, 0.6) is 5.75 Å². The zero-order valence-corrected chi connectivity index (χ0v) is 19.1. The van der Waals surface area contributed by atoms with Crippen molar-refractivity contribution in [3.8, 4) is 22.1 Å². The number of anilines is 2. The number of ether oxygens (including phenoxy) is 1. The van der Waals surface area contributed by atoms with E-state index in [-0.39, 0.29) is 0 Å². The van der Waals surface area contributed by atoms with Crippen LogP contribution >= 0.6 is 11.3 Å². The molecule has 3 aromatic heterocycles. The number of nitrogens with zero attached hydrogens (tertiary/aromatic N) is 5. The average Bonchev–Trinajstić information content (AvgIpc) is 3.36. The number of hydrogen-bond donors (Lipinski definition) is 1. The molecule has 0 atom stereocenters.